The number of amidine groups is 2. The number of nitrogens with two attached hydrogens (primary N) is 2. The zero-order valence-corrected chi connectivity index (χ0v) is 9.48. The predicted octanol–water partition coefficient (Wildman–Crippen LogP) is 1.37. The van der Waals surface area contributed by atoms with Crippen LogP contribution in [0.4, 0.5) is 0 Å². The van der Waals surface area contributed by atoms with Gasteiger partial charge in [0.05, 0.1) is 13.1 Å². The molecule has 6 heteroatoms. The highest BCUT2D eigenvalue weighted by molar-refractivity contribution is 8.87. The number of hydrogen-bond acceptors (Lipinski definition) is 4. The van der Waals surface area contributed by atoms with E-state index in [0.29, 0.717) is 23.4 Å². The van der Waals surface area contributed by atoms with Crippen LogP contribution in [0.25, 0.3) is 0 Å². The van der Waals surface area contributed by atoms with Gasteiger partial charge in [0, 0.05) is 0 Å². The quantitative estimate of drug-likeness (QED) is 0.331. The molecule has 0 aromatic heterocycles. The highest BCUT2D eigenvalue weighted by Gasteiger charge is 1.97. The third-order valence-corrected chi connectivity index (χ3v) is 2.92. The van der Waals surface area contributed by atoms with Gasteiger partial charge in [-0.15, -0.1) is 13.2 Å². The van der Waals surface area contributed by atoms with Gasteiger partial charge in [0.1, 0.15) is 0 Å². The van der Waals surface area contributed by atoms with Crippen molar-refractivity contribution < 1.29 is 0 Å². The van der Waals surface area contributed by atoms with Gasteiger partial charge in [0.2, 0.25) is 0 Å². The maximum atomic E-state index is 5.55. The number of hydrogen-bond donors (Lipinski definition) is 2. The summed E-state index contributed by atoms with van der Waals surface area (Å²) in [5.74, 6) is 0. The van der Waals surface area contributed by atoms with Crippen LogP contribution in [0.15, 0.2) is 35.3 Å². The van der Waals surface area contributed by atoms with Crippen LogP contribution in [-0.2, 0) is 0 Å². The standard InChI is InChI=1S/C8H14N4S2/c1-3-5-11-7(9)13-14-8(10)12-6-4-2/h3-4H,1-2,5-6H2,(H2,9,11)(H2,10,12). The van der Waals surface area contributed by atoms with Crippen LogP contribution in [0.2, 0.25) is 0 Å². The summed E-state index contributed by atoms with van der Waals surface area (Å²) < 4.78 is 0. The monoisotopic (exact) mass is 230 g/mol. The van der Waals surface area contributed by atoms with E-state index in [4.69, 9.17) is 11.5 Å². The van der Waals surface area contributed by atoms with Gasteiger partial charge in [-0.3, -0.25) is 9.98 Å². The molecule has 4 nitrogen and oxygen atoms in total. The summed E-state index contributed by atoms with van der Waals surface area (Å²) in [6.07, 6.45) is 3.35. The second kappa shape index (κ2) is 8.71. The summed E-state index contributed by atoms with van der Waals surface area (Å²) >= 11 is 0. The molecular formula is C8H14N4S2. The maximum Gasteiger partial charge on any atom is 0.165 e. The van der Waals surface area contributed by atoms with Crippen molar-refractivity contribution in [2.45, 2.75) is 0 Å². The van der Waals surface area contributed by atoms with E-state index in [-0.39, 0.29) is 0 Å². The molecule has 0 amide bonds. The van der Waals surface area contributed by atoms with Gasteiger partial charge in [-0.1, -0.05) is 12.2 Å². The molecule has 0 saturated carbocycles. The minimum atomic E-state index is 0.464. The first-order valence-corrected chi connectivity index (χ1v) is 6.01. The van der Waals surface area contributed by atoms with Crippen LogP contribution < -0.4 is 11.5 Å². The number of rotatable bonds is 4. The topological polar surface area (TPSA) is 76.8 Å². The molecule has 0 saturated heterocycles. The molecule has 0 aliphatic rings. The Morgan fingerprint density at radius 3 is 1.64 bits per heavy atom. The molecular weight excluding hydrogens is 216 g/mol. The normalized spacial score (nSPS) is 12.6. The van der Waals surface area contributed by atoms with Gasteiger partial charge in [-0.25, -0.2) is 0 Å². The zero-order chi connectivity index (χ0) is 10.8. The van der Waals surface area contributed by atoms with Crippen LogP contribution in [0.5, 0.6) is 0 Å². The van der Waals surface area contributed by atoms with Gasteiger partial charge in [-0.2, -0.15) is 0 Å². The summed E-state index contributed by atoms with van der Waals surface area (Å²) in [4.78, 5) is 7.97. The van der Waals surface area contributed by atoms with Gasteiger partial charge < -0.3 is 11.5 Å². The lowest BCUT2D eigenvalue weighted by Gasteiger charge is -1.98. The second-order valence-corrected chi connectivity index (χ2v) is 4.27. The van der Waals surface area contributed by atoms with Gasteiger partial charge in [-0.05, 0) is 21.6 Å². The Balaban J connectivity index is 3.80. The minimum Gasteiger partial charge on any atom is -0.378 e. The average molecular weight is 230 g/mol. The third-order valence-electron chi connectivity index (χ3n) is 0.965. The Morgan fingerprint density at radius 2 is 1.36 bits per heavy atom. The van der Waals surface area contributed by atoms with Crippen LogP contribution in [0, 0.1) is 0 Å². The fourth-order valence-electron chi connectivity index (χ4n) is 0.447. The Bertz CT molecular complexity index is 222. The van der Waals surface area contributed by atoms with E-state index in [1.54, 1.807) is 12.2 Å². The molecule has 0 bridgehead atoms. The molecule has 0 radical (unpaired) electrons. The Labute approximate surface area is 92.0 Å². The van der Waals surface area contributed by atoms with Crippen molar-refractivity contribution in [2.75, 3.05) is 13.1 Å². The van der Waals surface area contributed by atoms with E-state index in [2.05, 4.69) is 23.1 Å². The van der Waals surface area contributed by atoms with Crippen LogP contribution in [0.3, 0.4) is 0 Å². The summed E-state index contributed by atoms with van der Waals surface area (Å²) in [5.41, 5.74) is 11.1. The highest BCUT2D eigenvalue weighted by atomic mass is 33.1. The molecule has 0 unspecified atom stereocenters. The van der Waals surface area contributed by atoms with Crippen molar-refractivity contribution >= 4 is 31.9 Å². The van der Waals surface area contributed by atoms with Crippen molar-refractivity contribution in [1.82, 2.24) is 0 Å². The van der Waals surface area contributed by atoms with Crippen LogP contribution in [-0.4, -0.2) is 23.4 Å². The van der Waals surface area contributed by atoms with E-state index in [1.165, 1.54) is 21.6 Å². The zero-order valence-electron chi connectivity index (χ0n) is 7.85. The lowest BCUT2D eigenvalue weighted by atomic mass is 10.7. The van der Waals surface area contributed by atoms with Crippen molar-refractivity contribution in [3.63, 3.8) is 0 Å². The Kier molecular flexibility index (Phi) is 8.16. The SMILES string of the molecule is C=CCN=C(N)SSC(N)=NCC=C. The fourth-order valence-corrected chi connectivity index (χ4v) is 1.70. The second-order valence-electron chi connectivity index (χ2n) is 2.10. The third kappa shape index (κ3) is 7.75. The maximum absolute atomic E-state index is 5.55. The van der Waals surface area contributed by atoms with Gasteiger partial charge in [0.25, 0.3) is 0 Å². The van der Waals surface area contributed by atoms with E-state index < -0.39 is 0 Å². The van der Waals surface area contributed by atoms with Crippen LogP contribution in [0.1, 0.15) is 0 Å². The van der Waals surface area contributed by atoms with Crippen molar-refractivity contribution in [2.24, 2.45) is 21.5 Å². The molecule has 14 heavy (non-hydrogen) atoms. The summed E-state index contributed by atoms with van der Waals surface area (Å²) in [6, 6.07) is 0. The van der Waals surface area contributed by atoms with Crippen molar-refractivity contribution in [3.8, 4) is 0 Å². The van der Waals surface area contributed by atoms with Crippen molar-refractivity contribution in [1.29, 1.82) is 0 Å². The average Bonchev–Trinajstić information content (AvgIpc) is 2.20. The molecule has 0 aliphatic heterocycles. The van der Waals surface area contributed by atoms with Gasteiger partial charge >= 0.3 is 0 Å². The summed E-state index contributed by atoms with van der Waals surface area (Å²) in [7, 11) is 2.56. The molecule has 0 heterocycles. The number of aliphatic imine (C=N–C) groups is 2. The minimum absolute atomic E-state index is 0.464. The molecule has 78 valence electrons. The summed E-state index contributed by atoms with van der Waals surface area (Å²) in [6.45, 7) is 8.09. The predicted molar refractivity (Wildman–Crippen MR) is 68.6 cm³/mol. The first kappa shape index (κ1) is 13.1. The molecule has 0 atom stereocenters. The Morgan fingerprint density at radius 1 is 1.00 bits per heavy atom. The summed E-state index contributed by atoms with van der Waals surface area (Å²) in [5, 5.41) is 0.929. The first-order valence-electron chi connectivity index (χ1n) is 3.86. The molecule has 4 N–H and O–H groups in total. The molecule has 0 fully saturated rings. The largest absolute Gasteiger partial charge is 0.378 e. The van der Waals surface area contributed by atoms with Gasteiger partial charge in [0.15, 0.2) is 10.3 Å². The van der Waals surface area contributed by atoms with Crippen molar-refractivity contribution in [3.05, 3.63) is 25.3 Å². The molecule has 0 spiro atoms. The lowest BCUT2D eigenvalue weighted by Crippen LogP contribution is -2.10. The van der Waals surface area contributed by atoms with E-state index >= 15 is 0 Å². The first-order chi connectivity index (χ1) is 6.70. The molecule has 0 rings (SSSR count). The molecule has 0 aromatic rings. The number of nitrogens with zero attached hydrogens (tertiary/aromatic N) is 2. The Hall–Kier alpha value is -0.880. The lowest BCUT2D eigenvalue weighted by molar-refractivity contribution is 1.25. The van der Waals surface area contributed by atoms with Crippen LogP contribution >= 0.6 is 21.6 Å². The molecule has 0 aliphatic carbocycles. The van der Waals surface area contributed by atoms with E-state index in [0.717, 1.165) is 0 Å². The van der Waals surface area contributed by atoms with E-state index in [9.17, 15) is 0 Å². The smallest absolute Gasteiger partial charge is 0.165 e. The fraction of sp³-hybridized carbons (Fsp3) is 0.250. The van der Waals surface area contributed by atoms with E-state index in [1.807, 2.05) is 0 Å². The molecule has 0 aromatic carbocycles. The highest BCUT2D eigenvalue weighted by Crippen LogP contribution is 2.20.